The Morgan fingerprint density at radius 3 is 3.05 bits per heavy atom. The number of amidine groups is 1. The molecule has 1 amide bonds. The van der Waals surface area contributed by atoms with Crippen molar-refractivity contribution >= 4 is 29.1 Å². The van der Waals surface area contributed by atoms with Gasteiger partial charge >= 0.3 is 0 Å². The second-order valence-electron chi connectivity index (χ2n) is 4.76. The average molecular weight is 291 g/mol. The predicted molar refractivity (Wildman–Crippen MR) is 82.4 cm³/mol. The Morgan fingerprint density at radius 2 is 2.35 bits per heavy atom. The molecule has 20 heavy (non-hydrogen) atoms. The second kappa shape index (κ2) is 7.09. The van der Waals surface area contributed by atoms with Gasteiger partial charge in [-0.2, -0.15) is 5.10 Å². The van der Waals surface area contributed by atoms with Gasteiger partial charge in [-0.25, -0.2) is 0 Å². The van der Waals surface area contributed by atoms with Gasteiger partial charge in [0.2, 0.25) is 5.91 Å². The van der Waals surface area contributed by atoms with Crippen molar-refractivity contribution in [2.45, 2.75) is 13.8 Å². The molecule has 0 spiro atoms. The van der Waals surface area contributed by atoms with Crippen LogP contribution in [0.1, 0.15) is 19.4 Å². The van der Waals surface area contributed by atoms with Crippen molar-refractivity contribution in [2.24, 2.45) is 16.1 Å². The molecule has 0 radical (unpaired) electrons. The van der Waals surface area contributed by atoms with E-state index in [0.29, 0.717) is 23.4 Å². The summed E-state index contributed by atoms with van der Waals surface area (Å²) in [4.78, 5) is 11.0. The number of hydrogen-bond donors (Lipinski definition) is 1. The Morgan fingerprint density at radius 1 is 1.50 bits per heavy atom. The standard InChI is InChI=1S/C14H17N3O2S/c1-10(2)8-19-12-5-3-4-11(6-12)7-15-17-14-16-13(18)9-20-14/h3-7,10H,8-9H2,1-2H3,(H,16,17,18). The lowest BCUT2D eigenvalue weighted by molar-refractivity contribution is -0.116. The Hall–Kier alpha value is -1.82. The molecule has 6 heteroatoms. The number of ether oxygens (including phenoxy) is 1. The van der Waals surface area contributed by atoms with Crippen LogP contribution < -0.4 is 10.1 Å². The maximum atomic E-state index is 11.0. The van der Waals surface area contributed by atoms with Crippen LogP contribution in [0.4, 0.5) is 0 Å². The number of nitrogens with one attached hydrogen (secondary N) is 1. The van der Waals surface area contributed by atoms with E-state index in [0.717, 1.165) is 11.3 Å². The Balaban J connectivity index is 1.95. The minimum absolute atomic E-state index is 0.0342. The highest BCUT2D eigenvalue weighted by Crippen LogP contribution is 2.13. The van der Waals surface area contributed by atoms with Crippen LogP contribution in [-0.4, -0.2) is 29.6 Å². The van der Waals surface area contributed by atoms with Crippen LogP contribution in [0.5, 0.6) is 5.75 Å². The van der Waals surface area contributed by atoms with Crippen LogP contribution in [0.2, 0.25) is 0 Å². The molecule has 1 aromatic carbocycles. The first-order chi connectivity index (χ1) is 9.63. The quantitative estimate of drug-likeness (QED) is 0.668. The highest BCUT2D eigenvalue weighted by molar-refractivity contribution is 8.15. The molecule has 1 heterocycles. The fourth-order valence-corrected chi connectivity index (χ4v) is 2.11. The molecular formula is C14H17N3O2S. The van der Waals surface area contributed by atoms with Crippen molar-refractivity contribution < 1.29 is 9.53 Å². The molecule has 1 N–H and O–H groups in total. The van der Waals surface area contributed by atoms with E-state index in [1.165, 1.54) is 11.8 Å². The maximum Gasteiger partial charge on any atom is 0.236 e. The van der Waals surface area contributed by atoms with E-state index in [-0.39, 0.29) is 5.91 Å². The number of rotatable bonds is 5. The summed E-state index contributed by atoms with van der Waals surface area (Å²) in [7, 11) is 0. The van der Waals surface area contributed by atoms with Gasteiger partial charge in [0.25, 0.3) is 0 Å². The fourth-order valence-electron chi connectivity index (χ4n) is 1.47. The van der Waals surface area contributed by atoms with E-state index in [2.05, 4.69) is 29.4 Å². The zero-order valence-electron chi connectivity index (χ0n) is 11.5. The van der Waals surface area contributed by atoms with Crippen LogP contribution in [0.25, 0.3) is 0 Å². The molecule has 0 atom stereocenters. The topological polar surface area (TPSA) is 63.1 Å². The van der Waals surface area contributed by atoms with E-state index in [1.54, 1.807) is 6.21 Å². The van der Waals surface area contributed by atoms with Gasteiger partial charge in [0.05, 0.1) is 18.6 Å². The maximum absolute atomic E-state index is 11.0. The molecule has 0 saturated carbocycles. The van der Waals surface area contributed by atoms with Gasteiger partial charge in [-0.15, -0.1) is 5.10 Å². The van der Waals surface area contributed by atoms with Crippen molar-refractivity contribution in [2.75, 3.05) is 12.4 Å². The van der Waals surface area contributed by atoms with Crippen molar-refractivity contribution in [3.8, 4) is 5.75 Å². The third kappa shape index (κ3) is 4.70. The van der Waals surface area contributed by atoms with E-state index in [1.807, 2.05) is 24.3 Å². The molecule has 106 valence electrons. The molecule has 0 aromatic heterocycles. The fraction of sp³-hybridized carbons (Fsp3) is 0.357. The Kier molecular flexibility index (Phi) is 5.17. The number of carbonyl (C=O) groups is 1. The molecule has 2 rings (SSSR count). The van der Waals surface area contributed by atoms with Gasteiger partial charge in [-0.1, -0.05) is 37.7 Å². The van der Waals surface area contributed by atoms with Gasteiger partial charge in [-0.3, -0.25) is 4.79 Å². The molecule has 0 unspecified atom stereocenters. The minimum Gasteiger partial charge on any atom is -0.493 e. The number of nitrogens with zero attached hydrogens (tertiary/aromatic N) is 2. The van der Waals surface area contributed by atoms with Crippen molar-refractivity contribution in [3.05, 3.63) is 29.8 Å². The van der Waals surface area contributed by atoms with Crippen LogP contribution in [-0.2, 0) is 4.79 Å². The van der Waals surface area contributed by atoms with Gasteiger partial charge in [0, 0.05) is 0 Å². The van der Waals surface area contributed by atoms with Crippen LogP contribution >= 0.6 is 11.8 Å². The van der Waals surface area contributed by atoms with Crippen molar-refractivity contribution in [1.29, 1.82) is 0 Å². The number of benzene rings is 1. The van der Waals surface area contributed by atoms with Crippen LogP contribution in [0.15, 0.2) is 34.5 Å². The van der Waals surface area contributed by atoms with Crippen LogP contribution in [0.3, 0.4) is 0 Å². The minimum atomic E-state index is -0.0342. The highest BCUT2D eigenvalue weighted by atomic mass is 32.2. The molecule has 1 aliphatic heterocycles. The summed E-state index contributed by atoms with van der Waals surface area (Å²) in [5.74, 6) is 1.68. The Labute approximate surface area is 122 Å². The predicted octanol–water partition coefficient (Wildman–Crippen LogP) is 2.27. The number of thioether (sulfide) groups is 1. The number of hydrogen-bond acceptors (Lipinski definition) is 5. The van der Waals surface area contributed by atoms with Crippen molar-refractivity contribution in [3.63, 3.8) is 0 Å². The summed E-state index contributed by atoms with van der Waals surface area (Å²) < 4.78 is 5.64. The third-order valence-electron chi connectivity index (χ3n) is 2.38. The first-order valence-electron chi connectivity index (χ1n) is 6.40. The van der Waals surface area contributed by atoms with E-state index >= 15 is 0 Å². The largest absolute Gasteiger partial charge is 0.493 e. The SMILES string of the molecule is CC(C)COc1cccc(C=NN=C2NC(=O)CS2)c1. The molecule has 5 nitrogen and oxygen atoms in total. The van der Waals surface area contributed by atoms with Gasteiger partial charge in [0.1, 0.15) is 5.75 Å². The zero-order valence-corrected chi connectivity index (χ0v) is 12.3. The molecule has 1 fully saturated rings. The van der Waals surface area contributed by atoms with Gasteiger partial charge in [-0.05, 0) is 23.6 Å². The summed E-state index contributed by atoms with van der Waals surface area (Å²) >= 11 is 1.35. The molecule has 1 saturated heterocycles. The third-order valence-corrected chi connectivity index (χ3v) is 3.25. The molecule has 0 bridgehead atoms. The smallest absolute Gasteiger partial charge is 0.236 e. The molecule has 0 aliphatic carbocycles. The number of amides is 1. The molecular weight excluding hydrogens is 274 g/mol. The monoisotopic (exact) mass is 291 g/mol. The number of carbonyl (C=O) groups excluding carboxylic acids is 1. The lowest BCUT2D eigenvalue weighted by Gasteiger charge is -2.08. The summed E-state index contributed by atoms with van der Waals surface area (Å²) in [6.45, 7) is 4.90. The summed E-state index contributed by atoms with van der Waals surface area (Å²) in [5, 5.41) is 11.1. The summed E-state index contributed by atoms with van der Waals surface area (Å²) in [6, 6.07) is 7.66. The van der Waals surface area contributed by atoms with E-state index in [4.69, 9.17) is 4.74 Å². The average Bonchev–Trinajstić information content (AvgIpc) is 2.83. The second-order valence-corrected chi connectivity index (χ2v) is 5.73. The van der Waals surface area contributed by atoms with E-state index in [9.17, 15) is 4.79 Å². The molecule has 1 aromatic rings. The first kappa shape index (κ1) is 14.6. The van der Waals surface area contributed by atoms with Gasteiger partial charge in [0.15, 0.2) is 5.17 Å². The van der Waals surface area contributed by atoms with Gasteiger partial charge < -0.3 is 10.1 Å². The molecule has 1 aliphatic rings. The zero-order chi connectivity index (χ0) is 14.4. The lowest BCUT2D eigenvalue weighted by Crippen LogP contribution is -2.19. The van der Waals surface area contributed by atoms with Crippen LogP contribution in [0, 0.1) is 5.92 Å². The summed E-state index contributed by atoms with van der Waals surface area (Å²) in [5.41, 5.74) is 0.907. The van der Waals surface area contributed by atoms with E-state index < -0.39 is 0 Å². The lowest BCUT2D eigenvalue weighted by atomic mass is 10.2. The highest BCUT2D eigenvalue weighted by Gasteiger charge is 2.15. The normalized spacial score (nSPS) is 17.1. The first-order valence-corrected chi connectivity index (χ1v) is 7.38. The summed E-state index contributed by atoms with van der Waals surface area (Å²) in [6.07, 6.45) is 1.64. The Bertz CT molecular complexity index is 541. The van der Waals surface area contributed by atoms with Crippen molar-refractivity contribution in [1.82, 2.24) is 5.32 Å².